The number of benzene rings is 2. The van der Waals surface area contributed by atoms with Crippen LogP contribution in [0.4, 0.5) is 0 Å². The van der Waals surface area contributed by atoms with E-state index in [9.17, 15) is 15.3 Å². The van der Waals surface area contributed by atoms with Gasteiger partial charge in [0.2, 0.25) is 0 Å². The summed E-state index contributed by atoms with van der Waals surface area (Å²) in [5.41, 5.74) is 8.35. The van der Waals surface area contributed by atoms with Crippen molar-refractivity contribution in [3.8, 4) is 12.1 Å². The highest BCUT2D eigenvalue weighted by Crippen LogP contribution is 2.29. The third-order valence-corrected chi connectivity index (χ3v) is 5.28. The standard InChI is InChI=1S/C25H26N4O2/c1-16(2)23(29-10-4-9-26)25-21(12-17-5-3-6-18(11-17)14-27)24(30)20-8-7-19(15-28)13-22(20)31-25/h3,5-8,11,13,16,23,29H,4,9-10,12,26H2,1-2H3. The van der Waals surface area contributed by atoms with Crippen molar-refractivity contribution in [2.45, 2.75) is 32.7 Å². The second-order valence-electron chi connectivity index (χ2n) is 7.90. The topological polar surface area (TPSA) is 116 Å². The molecule has 0 saturated carbocycles. The molecule has 0 radical (unpaired) electrons. The number of hydrogen-bond donors (Lipinski definition) is 2. The van der Waals surface area contributed by atoms with Gasteiger partial charge in [0.25, 0.3) is 0 Å². The van der Waals surface area contributed by atoms with E-state index in [4.69, 9.17) is 10.2 Å². The van der Waals surface area contributed by atoms with Crippen LogP contribution in [0, 0.1) is 28.6 Å². The Morgan fingerprint density at radius 1 is 1.10 bits per heavy atom. The molecule has 3 rings (SSSR count). The molecule has 0 bridgehead atoms. The fourth-order valence-corrected chi connectivity index (χ4v) is 3.68. The maximum Gasteiger partial charge on any atom is 0.196 e. The summed E-state index contributed by atoms with van der Waals surface area (Å²) in [5, 5.41) is 22.4. The van der Waals surface area contributed by atoms with Crippen LogP contribution in [0.25, 0.3) is 11.0 Å². The van der Waals surface area contributed by atoms with Crippen LogP contribution in [-0.2, 0) is 6.42 Å². The van der Waals surface area contributed by atoms with E-state index < -0.39 is 0 Å². The second-order valence-corrected chi connectivity index (χ2v) is 7.90. The van der Waals surface area contributed by atoms with Gasteiger partial charge in [-0.3, -0.25) is 4.79 Å². The van der Waals surface area contributed by atoms with Crippen molar-refractivity contribution < 1.29 is 4.42 Å². The first-order chi connectivity index (χ1) is 15.0. The molecule has 158 valence electrons. The van der Waals surface area contributed by atoms with Gasteiger partial charge >= 0.3 is 0 Å². The van der Waals surface area contributed by atoms with Crippen molar-refractivity contribution in [2.24, 2.45) is 11.7 Å². The number of nitrogens with one attached hydrogen (secondary N) is 1. The average Bonchev–Trinajstić information content (AvgIpc) is 2.78. The molecule has 3 N–H and O–H groups in total. The van der Waals surface area contributed by atoms with Crippen LogP contribution in [-0.4, -0.2) is 13.1 Å². The van der Waals surface area contributed by atoms with Crippen LogP contribution in [0.5, 0.6) is 0 Å². The van der Waals surface area contributed by atoms with Gasteiger partial charge in [0, 0.05) is 12.0 Å². The van der Waals surface area contributed by atoms with Crippen molar-refractivity contribution >= 4 is 11.0 Å². The lowest BCUT2D eigenvalue weighted by atomic mass is 9.93. The van der Waals surface area contributed by atoms with Gasteiger partial charge in [-0.2, -0.15) is 10.5 Å². The molecule has 1 atom stereocenters. The molecule has 0 aliphatic heterocycles. The van der Waals surface area contributed by atoms with Gasteiger partial charge < -0.3 is 15.5 Å². The van der Waals surface area contributed by atoms with Gasteiger partial charge in [-0.1, -0.05) is 26.0 Å². The monoisotopic (exact) mass is 414 g/mol. The summed E-state index contributed by atoms with van der Waals surface area (Å²) in [6.07, 6.45) is 1.16. The van der Waals surface area contributed by atoms with Crippen molar-refractivity contribution in [1.29, 1.82) is 10.5 Å². The Morgan fingerprint density at radius 3 is 2.52 bits per heavy atom. The zero-order valence-corrected chi connectivity index (χ0v) is 17.8. The van der Waals surface area contributed by atoms with E-state index in [2.05, 4.69) is 31.3 Å². The molecule has 6 nitrogen and oxygen atoms in total. The zero-order valence-electron chi connectivity index (χ0n) is 17.8. The Bertz CT molecular complexity index is 1210. The van der Waals surface area contributed by atoms with Gasteiger partial charge in [0.15, 0.2) is 5.43 Å². The molecule has 0 fully saturated rings. The van der Waals surface area contributed by atoms with Crippen molar-refractivity contribution in [3.63, 3.8) is 0 Å². The van der Waals surface area contributed by atoms with E-state index in [-0.39, 0.29) is 17.4 Å². The Labute approximate surface area is 181 Å². The van der Waals surface area contributed by atoms with Crippen molar-refractivity contribution in [3.05, 3.63) is 80.7 Å². The van der Waals surface area contributed by atoms with E-state index in [0.29, 0.717) is 52.9 Å². The Hall–Kier alpha value is -3.45. The Morgan fingerprint density at radius 2 is 1.84 bits per heavy atom. The Balaban J connectivity index is 2.20. The van der Waals surface area contributed by atoms with E-state index >= 15 is 0 Å². The molecule has 0 aliphatic rings. The maximum atomic E-state index is 13.5. The molecule has 0 amide bonds. The third kappa shape index (κ3) is 5.00. The van der Waals surface area contributed by atoms with E-state index in [1.807, 2.05) is 12.1 Å². The number of hydrogen-bond acceptors (Lipinski definition) is 6. The summed E-state index contributed by atoms with van der Waals surface area (Å²) in [5.74, 6) is 0.726. The van der Waals surface area contributed by atoms with E-state index in [1.165, 1.54) is 0 Å². The molecule has 1 aromatic heterocycles. The van der Waals surface area contributed by atoms with Crippen LogP contribution in [0.3, 0.4) is 0 Å². The normalized spacial score (nSPS) is 11.9. The first-order valence-electron chi connectivity index (χ1n) is 10.4. The lowest BCUT2D eigenvalue weighted by Gasteiger charge is -2.24. The quantitative estimate of drug-likeness (QED) is 0.542. The minimum atomic E-state index is -0.191. The number of nitrogens with zero attached hydrogens (tertiary/aromatic N) is 2. The van der Waals surface area contributed by atoms with E-state index in [1.54, 1.807) is 30.3 Å². The predicted octanol–water partition coefficient (Wildman–Crippen LogP) is 3.76. The van der Waals surface area contributed by atoms with Crippen LogP contribution < -0.4 is 16.5 Å². The minimum Gasteiger partial charge on any atom is -0.459 e. The largest absolute Gasteiger partial charge is 0.459 e. The van der Waals surface area contributed by atoms with Crippen molar-refractivity contribution in [1.82, 2.24) is 5.32 Å². The Kier molecular flexibility index (Phi) is 7.20. The molecule has 31 heavy (non-hydrogen) atoms. The lowest BCUT2D eigenvalue weighted by molar-refractivity contribution is 0.342. The van der Waals surface area contributed by atoms with Crippen LogP contribution in [0.1, 0.15) is 54.3 Å². The first kappa shape index (κ1) is 22.2. The molecule has 1 unspecified atom stereocenters. The molecule has 1 heterocycles. The molecule has 0 saturated heterocycles. The summed E-state index contributed by atoms with van der Waals surface area (Å²) in [7, 11) is 0. The van der Waals surface area contributed by atoms with Crippen LogP contribution >= 0.6 is 0 Å². The van der Waals surface area contributed by atoms with Gasteiger partial charge in [-0.25, -0.2) is 0 Å². The molecular formula is C25H26N4O2. The van der Waals surface area contributed by atoms with Crippen LogP contribution in [0.15, 0.2) is 51.7 Å². The molecule has 6 heteroatoms. The predicted molar refractivity (Wildman–Crippen MR) is 120 cm³/mol. The number of nitrogens with two attached hydrogens (primary N) is 1. The maximum absolute atomic E-state index is 13.5. The molecule has 0 aliphatic carbocycles. The smallest absolute Gasteiger partial charge is 0.196 e. The molecular weight excluding hydrogens is 388 g/mol. The summed E-state index contributed by atoms with van der Waals surface area (Å²) in [6, 6.07) is 16.2. The molecule has 2 aromatic carbocycles. The van der Waals surface area contributed by atoms with Crippen LogP contribution in [0.2, 0.25) is 0 Å². The van der Waals surface area contributed by atoms with Crippen molar-refractivity contribution in [2.75, 3.05) is 13.1 Å². The zero-order chi connectivity index (χ0) is 22.4. The fraction of sp³-hybridized carbons (Fsp3) is 0.320. The summed E-state index contributed by atoms with van der Waals surface area (Å²) >= 11 is 0. The molecule has 0 spiro atoms. The summed E-state index contributed by atoms with van der Waals surface area (Å²) in [4.78, 5) is 13.5. The number of nitriles is 2. The fourth-order valence-electron chi connectivity index (χ4n) is 3.68. The van der Waals surface area contributed by atoms with Gasteiger partial charge in [-0.15, -0.1) is 0 Å². The SMILES string of the molecule is CC(C)C(NCCCN)c1oc2cc(C#N)ccc2c(=O)c1Cc1cccc(C#N)c1. The van der Waals surface area contributed by atoms with Gasteiger partial charge in [0.1, 0.15) is 11.3 Å². The van der Waals surface area contributed by atoms with E-state index in [0.717, 1.165) is 12.0 Å². The minimum absolute atomic E-state index is 0.116. The molecule has 3 aromatic rings. The highest BCUT2D eigenvalue weighted by atomic mass is 16.3. The van der Waals surface area contributed by atoms with Gasteiger partial charge in [0.05, 0.1) is 34.7 Å². The van der Waals surface area contributed by atoms with Gasteiger partial charge in [-0.05, 0) is 61.3 Å². The second kappa shape index (κ2) is 10.0. The highest BCUT2D eigenvalue weighted by Gasteiger charge is 2.25. The lowest BCUT2D eigenvalue weighted by Crippen LogP contribution is -2.30. The third-order valence-electron chi connectivity index (χ3n) is 5.28. The average molecular weight is 415 g/mol. The number of fused-ring (bicyclic) bond motifs is 1. The number of rotatable bonds is 8. The summed E-state index contributed by atoms with van der Waals surface area (Å²) in [6.45, 7) is 5.40. The first-order valence-corrected chi connectivity index (χ1v) is 10.4. The summed E-state index contributed by atoms with van der Waals surface area (Å²) < 4.78 is 6.29. The highest BCUT2D eigenvalue weighted by molar-refractivity contribution is 5.79.